The summed E-state index contributed by atoms with van der Waals surface area (Å²) in [4.78, 5) is 12.3. The molecule has 4 aromatic rings. The zero-order valence-corrected chi connectivity index (χ0v) is 16.2. The Morgan fingerprint density at radius 3 is 2.37 bits per heavy atom. The molecule has 6 heteroatoms. The lowest BCUT2D eigenvalue weighted by Crippen LogP contribution is -2.20. The van der Waals surface area contributed by atoms with Gasteiger partial charge in [0.15, 0.2) is 12.4 Å². The lowest BCUT2D eigenvalue weighted by atomic mass is 10.1. The van der Waals surface area contributed by atoms with Gasteiger partial charge in [-0.1, -0.05) is 65.8 Å². The van der Waals surface area contributed by atoms with E-state index in [0.29, 0.717) is 22.9 Å². The molecule has 1 amide bonds. The molecule has 3 aromatic carbocycles. The molecule has 0 aliphatic rings. The number of para-hydroxylation sites is 3. The highest BCUT2D eigenvalue weighted by Gasteiger charge is 2.11. The predicted molar refractivity (Wildman–Crippen MR) is 113 cm³/mol. The van der Waals surface area contributed by atoms with E-state index in [1.165, 1.54) is 0 Å². The van der Waals surface area contributed by atoms with Crippen molar-refractivity contribution in [2.75, 3.05) is 11.9 Å². The zero-order valence-electron chi connectivity index (χ0n) is 16.2. The van der Waals surface area contributed by atoms with Crippen LogP contribution in [0.4, 0.5) is 5.69 Å². The molecule has 6 nitrogen and oxygen atoms in total. The third-order valence-corrected chi connectivity index (χ3v) is 4.27. The van der Waals surface area contributed by atoms with Gasteiger partial charge in [0.1, 0.15) is 23.8 Å². The van der Waals surface area contributed by atoms with Gasteiger partial charge in [-0.2, -0.15) is 0 Å². The summed E-state index contributed by atoms with van der Waals surface area (Å²) in [5.74, 6) is 1.48. The molecule has 0 aliphatic heterocycles. The highest BCUT2D eigenvalue weighted by molar-refractivity contribution is 5.93. The number of nitrogens with one attached hydrogen (secondary N) is 1. The molecular weight excluding hydrogens is 380 g/mol. The van der Waals surface area contributed by atoms with Crippen molar-refractivity contribution in [1.29, 1.82) is 0 Å². The second kappa shape index (κ2) is 9.43. The van der Waals surface area contributed by atoms with Crippen molar-refractivity contribution in [1.82, 2.24) is 5.16 Å². The summed E-state index contributed by atoms with van der Waals surface area (Å²) >= 11 is 0. The van der Waals surface area contributed by atoms with Gasteiger partial charge in [-0.25, -0.2) is 0 Å². The van der Waals surface area contributed by atoms with Crippen LogP contribution in [0.3, 0.4) is 0 Å². The fourth-order valence-corrected chi connectivity index (χ4v) is 2.82. The Kier molecular flexibility index (Phi) is 6.05. The average molecular weight is 400 g/mol. The summed E-state index contributed by atoms with van der Waals surface area (Å²) in [5.41, 5.74) is 2.27. The van der Waals surface area contributed by atoms with Crippen LogP contribution in [0.25, 0.3) is 11.3 Å². The van der Waals surface area contributed by atoms with Crippen LogP contribution in [-0.2, 0) is 11.4 Å². The van der Waals surface area contributed by atoms with E-state index in [1.54, 1.807) is 24.3 Å². The molecule has 0 radical (unpaired) electrons. The van der Waals surface area contributed by atoms with Crippen LogP contribution >= 0.6 is 0 Å². The first-order chi connectivity index (χ1) is 14.8. The van der Waals surface area contributed by atoms with Crippen LogP contribution in [0.15, 0.2) is 95.5 Å². The molecule has 0 unspecified atom stereocenters. The van der Waals surface area contributed by atoms with Gasteiger partial charge in [0.2, 0.25) is 0 Å². The van der Waals surface area contributed by atoms with Crippen molar-refractivity contribution >= 4 is 11.6 Å². The average Bonchev–Trinajstić information content (AvgIpc) is 3.28. The third-order valence-electron chi connectivity index (χ3n) is 4.27. The highest BCUT2D eigenvalue weighted by Crippen LogP contribution is 2.26. The number of anilines is 1. The quantitative estimate of drug-likeness (QED) is 0.454. The number of carbonyl (C=O) groups is 1. The second-order valence-electron chi connectivity index (χ2n) is 6.48. The van der Waals surface area contributed by atoms with E-state index in [1.807, 2.05) is 66.7 Å². The Hall–Kier alpha value is -4.06. The lowest BCUT2D eigenvalue weighted by molar-refractivity contribution is -0.118. The van der Waals surface area contributed by atoms with E-state index in [2.05, 4.69) is 10.5 Å². The number of nitrogens with zero attached hydrogens (tertiary/aromatic N) is 1. The van der Waals surface area contributed by atoms with Crippen LogP contribution in [-0.4, -0.2) is 17.7 Å². The summed E-state index contributed by atoms with van der Waals surface area (Å²) in [6.07, 6.45) is 0. The van der Waals surface area contributed by atoms with Crippen LogP contribution < -0.4 is 14.8 Å². The SMILES string of the molecule is O=C(COc1ccccc1)Nc1ccccc1OCc1cc(-c2ccccc2)no1. The number of rotatable bonds is 8. The summed E-state index contributed by atoms with van der Waals surface area (Å²) in [5, 5.41) is 6.89. The zero-order chi connectivity index (χ0) is 20.6. The van der Waals surface area contributed by atoms with Gasteiger partial charge >= 0.3 is 0 Å². The van der Waals surface area contributed by atoms with Gasteiger partial charge < -0.3 is 19.3 Å². The molecule has 1 heterocycles. The first-order valence-electron chi connectivity index (χ1n) is 9.48. The van der Waals surface area contributed by atoms with E-state index in [9.17, 15) is 4.79 Å². The minimum Gasteiger partial charge on any atom is -0.484 e. The van der Waals surface area contributed by atoms with Gasteiger partial charge in [-0.3, -0.25) is 4.79 Å². The Morgan fingerprint density at radius 2 is 1.57 bits per heavy atom. The number of ether oxygens (including phenoxy) is 2. The molecule has 0 aliphatic carbocycles. The summed E-state index contributed by atoms with van der Waals surface area (Å²) in [6, 6.07) is 28.0. The van der Waals surface area contributed by atoms with Crippen molar-refractivity contribution in [3.8, 4) is 22.8 Å². The van der Waals surface area contributed by atoms with Crippen molar-refractivity contribution in [2.24, 2.45) is 0 Å². The number of aromatic nitrogens is 1. The molecule has 0 saturated heterocycles. The molecule has 0 spiro atoms. The summed E-state index contributed by atoms with van der Waals surface area (Å²) in [6.45, 7) is 0.0914. The number of hydrogen-bond donors (Lipinski definition) is 1. The molecule has 150 valence electrons. The molecule has 1 aromatic heterocycles. The van der Waals surface area contributed by atoms with E-state index >= 15 is 0 Å². The third kappa shape index (κ3) is 5.05. The predicted octanol–water partition coefficient (Wildman–Crippen LogP) is 4.94. The molecule has 4 rings (SSSR count). The largest absolute Gasteiger partial charge is 0.484 e. The van der Waals surface area contributed by atoms with Crippen LogP contribution in [0.5, 0.6) is 11.5 Å². The van der Waals surface area contributed by atoms with Crippen molar-refractivity contribution in [3.63, 3.8) is 0 Å². The summed E-state index contributed by atoms with van der Waals surface area (Å²) < 4.78 is 16.7. The molecule has 1 N–H and O–H groups in total. The van der Waals surface area contributed by atoms with Crippen molar-refractivity contribution in [3.05, 3.63) is 96.8 Å². The molecule has 0 atom stereocenters. The van der Waals surface area contributed by atoms with E-state index in [4.69, 9.17) is 14.0 Å². The van der Waals surface area contributed by atoms with Crippen molar-refractivity contribution < 1.29 is 18.8 Å². The van der Waals surface area contributed by atoms with Crippen molar-refractivity contribution in [2.45, 2.75) is 6.61 Å². The molecular formula is C24H20N2O4. The minimum absolute atomic E-state index is 0.0963. The second-order valence-corrected chi connectivity index (χ2v) is 6.48. The standard InChI is InChI=1S/C24H20N2O4/c27-24(17-28-19-11-5-2-6-12-19)25-21-13-7-8-14-23(21)29-16-20-15-22(26-30-20)18-9-3-1-4-10-18/h1-15H,16-17H2,(H,25,27). The smallest absolute Gasteiger partial charge is 0.262 e. The van der Waals surface area contributed by atoms with Crippen LogP contribution in [0.2, 0.25) is 0 Å². The number of carbonyl (C=O) groups excluding carboxylic acids is 1. The summed E-state index contributed by atoms with van der Waals surface area (Å²) in [7, 11) is 0. The first kappa shape index (κ1) is 19.3. The minimum atomic E-state index is -0.277. The maximum atomic E-state index is 12.3. The van der Waals surface area contributed by atoms with Gasteiger partial charge in [-0.15, -0.1) is 0 Å². The monoisotopic (exact) mass is 400 g/mol. The molecule has 30 heavy (non-hydrogen) atoms. The van der Waals surface area contributed by atoms with Crippen LogP contribution in [0.1, 0.15) is 5.76 Å². The van der Waals surface area contributed by atoms with Gasteiger partial charge in [-0.05, 0) is 24.3 Å². The van der Waals surface area contributed by atoms with Gasteiger partial charge in [0.05, 0.1) is 5.69 Å². The van der Waals surface area contributed by atoms with Gasteiger partial charge in [0.25, 0.3) is 5.91 Å². The highest BCUT2D eigenvalue weighted by atomic mass is 16.5. The number of benzene rings is 3. The normalized spacial score (nSPS) is 10.4. The topological polar surface area (TPSA) is 73.6 Å². The number of amides is 1. The number of hydrogen-bond acceptors (Lipinski definition) is 5. The molecule has 0 bridgehead atoms. The molecule has 0 fully saturated rings. The lowest BCUT2D eigenvalue weighted by Gasteiger charge is -2.12. The Morgan fingerprint density at radius 1 is 0.867 bits per heavy atom. The van der Waals surface area contributed by atoms with E-state index < -0.39 is 0 Å². The Labute approximate surface area is 174 Å². The fraction of sp³-hybridized carbons (Fsp3) is 0.0833. The van der Waals surface area contributed by atoms with Crippen LogP contribution in [0, 0.1) is 0 Å². The maximum absolute atomic E-state index is 12.3. The maximum Gasteiger partial charge on any atom is 0.262 e. The fourth-order valence-electron chi connectivity index (χ4n) is 2.82. The Balaban J connectivity index is 1.35. The van der Waals surface area contributed by atoms with E-state index in [-0.39, 0.29) is 19.1 Å². The Bertz CT molecular complexity index is 1090. The van der Waals surface area contributed by atoms with Gasteiger partial charge in [0, 0.05) is 11.6 Å². The van der Waals surface area contributed by atoms with E-state index in [0.717, 1.165) is 11.3 Å². The molecule has 0 saturated carbocycles. The first-order valence-corrected chi connectivity index (χ1v) is 9.48.